The van der Waals surface area contributed by atoms with Crippen LogP contribution in [0.3, 0.4) is 0 Å². The van der Waals surface area contributed by atoms with Crippen LogP contribution in [0, 0.1) is 11.3 Å². The first-order valence-electron chi connectivity index (χ1n) is 7.56. The second-order valence-corrected chi connectivity index (χ2v) is 7.61. The average molecular weight is 360 g/mol. The Labute approximate surface area is 148 Å². The highest BCUT2D eigenvalue weighted by molar-refractivity contribution is 8.01. The van der Waals surface area contributed by atoms with Gasteiger partial charge in [0, 0.05) is 18.7 Å². The Hall–Kier alpha value is -2.11. The lowest BCUT2D eigenvalue weighted by molar-refractivity contribution is -0.116. The molecule has 1 heterocycles. The molecule has 24 heavy (non-hydrogen) atoms. The van der Waals surface area contributed by atoms with Crippen LogP contribution in [0.5, 0.6) is 5.75 Å². The monoisotopic (exact) mass is 360 g/mol. The van der Waals surface area contributed by atoms with E-state index in [0.717, 1.165) is 22.9 Å². The fourth-order valence-electron chi connectivity index (χ4n) is 2.18. The molecule has 1 aliphatic carbocycles. The summed E-state index contributed by atoms with van der Waals surface area (Å²) in [5.41, 5.74) is 0.582. The van der Waals surface area contributed by atoms with Crippen molar-refractivity contribution in [3.63, 3.8) is 0 Å². The van der Waals surface area contributed by atoms with Crippen LogP contribution in [0.25, 0.3) is 0 Å². The van der Waals surface area contributed by atoms with Gasteiger partial charge in [-0.05, 0) is 31.0 Å². The van der Waals surface area contributed by atoms with Gasteiger partial charge in [0.15, 0.2) is 4.34 Å². The number of hydrogen-bond acceptors (Lipinski definition) is 7. The first-order valence-corrected chi connectivity index (χ1v) is 9.36. The Morgan fingerprint density at radius 2 is 2.33 bits per heavy atom. The smallest absolute Gasteiger partial charge is 0.225 e. The number of carbonyl (C=O) groups is 1. The van der Waals surface area contributed by atoms with Gasteiger partial charge in [0.1, 0.15) is 5.75 Å². The van der Waals surface area contributed by atoms with Gasteiger partial charge in [-0.25, -0.2) is 0 Å². The van der Waals surface area contributed by atoms with Crippen LogP contribution in [-0.4, -0.2) is 34.5 Å². The third-order valence-electron chi connectivity index (χ3n) is 3.39. The van der Waals surface area contributed by atoms with Crippen molar-refractivity contribution in [1.29, 1.82) is 5.26 Å². The molecule has 2 aromatic rings. The molecule has 0 spiro atoms. The number of anilines is 1. The fourth-order valence-corrected chi connectivity index (χ4v) is 4.03. The summed E-state index contributed by atoms with van der Waals surface area (Å²) in [7, 11) is 0. The Bertz CT molecular complexity index is 767. The van der Waals surface area contributed by atoms with E-state index in [1.54, 1.807) is 41.8 Å². The first-order chi connectivity index (χ1) is 11.7. The molecule has 1 aromatic heterocycles. The van der Waals surface area contributed by atoms with Gasteiger partial charge in [0.25, 0.3) is 0 Å². The number of rotatable bonds is 7. The highest BCUT2D eigenvalue weighted by Crippen LogP contribution is 2.35. The molecule has 0 N–H and O–H groups in total. The van der Waals surface area contributed by atoms with Crippen LogP contribution in [0.1, 0.15) is 25.3 Å². The number of nitriles is 1. The van der Waals surface area contributed by atoms with Gasteiger partial charge in [0.05, 0.1) is 18.2 Å². The molecule has 124 valence electrons. The second-order valence-electron chi connectivity index (χ2n) is 5.31. The molecule has 0 radical (unpaired) electrons. The maximum Gasteiger partial charge on any atom is 0.225 e. The molecule has 0 aliphatic heterocycles. The maximum absolute atomic E-state index is 11.7. The lowest BCUT2D eigenvalue weighted by Gasteiger charge is -2.15. The van der Waals surface area contributed by atoms with Crippen LogP contribution >= 0.6 is 23.1 Å². The van der Waals surface area contributed by atoms with Crippen molar-refractivity contribution in [3.8, 4) is 11.8 Å². The molecular weight excluding hydrogens is 344 g/mol. The van der Waals surface area contributed by atoms with E-state index in [9.17, 15) is 4.79 Å². The number of benzene rings is 1. The summed E-state index contributed by atoms with van der Waals surface area (Å²) >= 11 is 2.99. The number of aromatic nitrogens is 2. The van der Waals surface area contributed by atoms with Gasteiger partial charge >= 0.3 is 0 Å². The molecule has 3 rings (SSSR count). The summed E-state index contributed by atoms with van der Waals surface area (Å²) in [6.45, 7) is 2.07. The number of amides is 1. The lowest BCUT2D eigenvalue weighted by atomic mass is 10.2. The summed E-state index contributed by atoms with van der Waals surface area (Å²) in [6, 6.07) is 9.47. The van der Waals surface area contributed by atoms with E-state index >= 15 is 0 Å². The van der Waals surface area contributed by atoms with Gasteiger partial charge in [-0.1, -0.05) is 29.2 Å². The first kappa shape index (κ1) is 16.7. The average Bonchev–Trinajstić information content (AvgIpc) is 3.30. The molecular formula is C16H16N4O2S2. The molecule has 0 unspecified atom stereocenters. The summed E-state index contributed by atoms with van der Waals surface area (Å²) in [4.78, 5) is 13.5. The van der Waals surface area contributed by atoms with Gasteiger partial charge in [0.2, 0.25) is 11.0 Å². The summed E-state index contributed by atoms with van der Waals surface area (Å²) in [5, 5.41) is 17.8. The van der Waals surface area contributed by atoms with Crippen molar-refractivity contribution in [1.82, 2.24) is 10.2 Å². The van der Waals surface area contributed by atoms with Crippen molar-refractivity contribution in [3.05, 3.63) is 29.8 Å². The van der Waals surface area contributed by atoms with E-state index < -0.39 is 0 Å². The molecule has 0 atom stereocenters. The minimum Gasteiger partial charge on any atom is -0.493 e. The van der Waals surface area contributed by atoms with Crippen LogP contribution in [0.4, 0.5) is 5.13 Å². The zero-order valence-corrected chi connectivity index (χ0v) is 14.8. The van der Waals surface area contributed by atoms with Gasteiger partial charge in [-0.2, -0.15) is 5.26 Å². The molecule has 1 aliphatic rings. The minimum atomic E-state index is 0.0194. The van der Waals surface area contributed by atoms with Crippen LogP contribution in [0.15, 0.2) is 28.6 Å². The van der Waals surface area contributed by atoms with E-state index in [4.69, 9.17) is 10.00 Å². The Balaban J connectivity index is 1.49. The van der Waals surface area contributed by atoms with Crippen LogP contribution in [-0.2, 0) is 4.79 Å². The zero-order valence-electron chi connectivity index (χ0n) is 13.1. The van der Waals surface area contributed by atoms with Crippen LogP contribution in [0.2, 0.25) is 0 Å². The third-order valence-corrected chi connectivity index (χ3v) is 5.41. The second kappa shape index (κ2) is 7.64. The molecule has 6 nitrogen and oxygen atoms in total. The van der Waals surface area contributed by atoms with E-state index in [1.165, 1.54) is 11.3 Å². The molecule has 1 saturated carbocycles. The van der Waals surface area contributed by atoms with E-state index in [1.807, 2.05) is 6.07 Å². The third kappa shape index (κ3) is 4.24. The number of thioether (sulfide) groups is 1. The SMILES string of the molecule is CC(=O)N(c1nnc(SCCOc2cccc(C#N)c2)s1)C1CC1. The van der Waals surface area contributed by atoms with E-state index in [0.29, 0.717) is 29.1 Å². The van der Waals surface area contributed by atoms with Gasteiger partial charge in [-0.3, -0.25) is 9.69 Å². The van der Waals surface area contributed by atoms with Crippen molar-refractivity contribution in [2.45, 2.75) is 30.1 Å². The summed E-state index contributed by atoms with van der Waals surface area (Å²) < 4.78 is 6.46. The van der Waals surface area contributed by atoms with Crippen molar-refractivity contribution < 1.29 is 9.53 Å². The highest BCUT2D eigenvalue weighted by atomic mass is 32.2. The molecule has 0 bridgehead atoms. The number of carbonyl (C=O) groups excluding carboxylic acids is 1. The minimum absolute atomic E-state index is 0.0194. The fraction of sp³-hybridized carbons (Fsp3) is 0.375. The van der Waals surface area contributed by atoms with Crippen molar-refractivity contribution in [2.75, 3.05) is 17.3 Å². The maximum atomic E-state index is 11.7. The number of nitrogens with zero attached hydrogens (tertiary/aromatic N) is 4. The van der Waals surface area contributed by atoms with Gasteiger partial charge < -0.3 is 4.74 Å². The Morgan fingerprint density at radius 3 is 3.04 bits per heavy atom. The zero-order chi connectivity index (χ0) is 16.9. The predicted octanol–water partition coefficient (Wildman–Crippen LogP) is 3.10. The quantitative estimate of drug-likeness (QED) is 0.429. The summed E-state index contributed by atoms with van der Waals surface area (Å²) in [6.07, 6.45) is 2.08. The molecule has 1 fully saturated rings. The molecule has 8 heteroatoms. The van der Waals surface area contributed by atoms with Crippen molar-refractivity contribution in [2.24, 2.45) is 0 Å². The van der Waals surface area contributed by atoms with Gasteiger partial charge in [-0.15, -0.1) is 10.2 Å². The normalized spacial score (nSPS) is 13.3. The molecule has 1 amide bonds. The Morgan fingerprint density at radius 1 is 1.50 bits per heavy atom. The Kier molecular flexibility index (Phi) is 5.33. The number of ether oxygens (including phenoxy) is 1. The molecule has 1 aromatic carbocycles. The van der Waals surface area contributed by atoms with Crippen molar-refractivity contribution >= 4 is 34.1 Å². The topological polar surface area (TPSA) is 79.1 Å². The summed E-state index contributed by atoms with van der Waals surface area (Å²) in [5.74, 6) is 1.42. The standard InChI is InChI=1S/C16H16N4O2S2/c1-11(21)20(13-5-6-13)15-18-19-16(24-15)23-8-7-22-14-4-2-3-12(9-14)10-17/h2-4,9,13H,5-8H2,1H3. The van der Waals surface area contributed by atoms with Crippen LogP contribution < -0.4 is 9.64 Å². The molecule has 0 saturated heterocycles. The predicted molar refractivity (Wildman–Crippen MR) is 93.5 cm³/mol. The number of hydrogen-bond donors (Lipinski definition) is 0. The van der Waals surface area contributed by atoms with E-state index in [2.05, 4.69) is 16.3 Å². The van der Waals surface area contributed by atoms with E-state index in [-0.39, 0.29) is 5.91 Å². The highest BCUT2D eigenvalue weighted by Gasteiger charge is 2.34. The lowest BCUT2D eigenvalue weighted by Crippen LogP contribution is -2.30. The largest absolute Gasteiger partial charge is 0.493 e.